The number of aliphatic hydroxyl groups is 2. The first kappa shape index (κ1) is 13.8. The molecule has 1 aliphatic rings. The zero-order chi connectivity index (χ0) is 14.0. The summed E-state index contributed by atoms with van der Waals surface area (Å²) in [5.41, 5.74) is 7.03. The Balaban J connectivity index is 2.38. The molecule has 4 N–H and O–H groups in total. The SMILES string of the molecule is CC1Oc2ccc(CN)cc2N(CC(O)CO)C1=O. The second-order valence-corrected chi connectivity index (χ2v) is 4.55. The molecule has 6 nitrogen and oxygen atoms in total. The molecule has 0 fully saturated rings. The molecule has 6 heteroatoms. The minimum Gasteiger partial charge on any atom is -0.479 e. The minimum absolute atomic E-state index is 0.0318. The van der Waals surface area contributed by atoms with Crippen molar-refractivity contribution in [2.45, 2.75) is 25.7 Å². The van der Waals surface area contributed by atoms with Crippen molar-refractivity contribution < 1.29 is 19.7 Å². The number of hydrogen-bond donors (Lipinski definition) is 3. The van der Waals surface area contributed by atoms with E-state index < -0.39 is 18.8 Å². The Morgan fingerprint density at radius 1 is 1.53 bits per heavy atom. The summed E-state index contributed by atoms with van der Waals surface area (Å²) < 4.78 is 5.51. The van der Waals surface area contributed by atoms with Gasteiger partial charge < -0.3 is 25.6 Å². The molecule has 0 saturated carbocycles. The molecular formula is C13H18N2O4. The van der Waals surface area contributed by atoms with Crippen LogP contribution in [0.25, 0.3) is 0 Å². The molecule has 19 heavy (non-hydrogen) atoms. The third kappa shape index (κ3) is 2.70. The molecule has 0 bridgehead atoms. The third-order valence-corrected chi connectivity index (χ3v) is 3.07. The van der Waals surface area contributed by atoms with Gasteiger partial charge in [0.25, 0.3) is 5.91 Å². The number of nitrogens with two attached hydrogens (primary N) is 1. The van der Waals surface area contributed by atoms with Crippen molar-refractivity contribution >= 4 is 11.6 Å². The smallest absolute Gasteiger partial charge is 0.267 e. The first-order valence-electron chi connectivity index (χ1n) is 6.16. The van der Waals surface area contributed by atoms with Gasteiger partial charge in [-0.2, -0.15) is 0 Å². The van der Waals surface area contributed by atoms with E-state index in [2.05, 4.69) is 0 Å². The van der Waals surface area contributed by atoms with E-state index in [0.717, 1.165) is 5.56 Å². The lowest BCUT2D eigenvalue weighted by Gasteiger charge is -2.34. The number of rotatable bonds is 4. The summed E-state index contributed by atoms with van der Waals surface area (Å²) in [7, 11) is 0. The van der Waals surface area contributed by atoms with E-state index in [0.29, 0.717) is 18.0 Å². The molecule has 0 aromatic heterocycles. The molecule has 104 valence electrons. The Hall–Kier alpha value is -1.63. The van der Waals surface area contributed by atoms with E-state index in [-0.39, 0.29) is 12.5 Å². The summed E-state index contributed by atoms with van der Waals surface area (Å²) in [6, 6.07) is 5.37. The van der Waals surface area contributed by atoms with Crippen LogP contribution in [0.2, 0.25) is 0 Å². The summed E-state index contributed by atoms with van der Waals surface area (Å²) >= 11 is 0. The van der Waals surface area contributed by atoms with Gasteiger partial charge in [-0.25, -0.2) is 0 Å². The van der Waals surface area contributed by atoms with E-state index in [1.807, 2.05) is 6.07 Å². The first-order valence-corrected chi connectivity index (χ1v) is 6.16. The Morgan fingerprint density at radius 2 is 2.26 bits per heavy atom. The number of carbonyl (C=O) groups is 1. The summed E-state index contributed by atoms with van der Waals surface area (Å²) in [5.74, 6) is 0.337. The third-order valence-electron chi connectivity index (χ3n) is 3.07. The molecule has 1 amide bonds. The van der Waals surface area contributed by atoms with Gasteiger partial charge in [0.05, 0.1) is 24.9 Å². The lowest BCUT2D eigenvalue weighted by atomic mass is 10.1. The topological polar surface area (TPSA) is 96.0 Å². The van der Waals surface area contributed by atoms with Gasteiger partial charge in [-0.1, -0.05) is 6.07 Å². The molecule has 1 heterocycles. The Labute approximate surface area is 111 Å². The van der Waals surface area contributed by atoms with Crippen LogP contribution in [0.15, 0.2) is 18.2 Å². The fourth-order valence-electron chi connectivity index (χ4n) is 2.04. The second kappa shape index (κ2) is 5.56. The molecule has 2 rings (SSSR count). The number of nitrogens with zero attached hydrogens (tertiary/aromatic N) is 1. The first-order chi connectivity index (χ1) is 9.06. The molecule has 0 aliphatic carbocycles. The number of hydrogen-bond acceptors (Lipinski definition) is 5. The maximum Gasteiger partial charge on any atom is 0.267 e. The van der Waals surface area contributed by atoms with Gasteiger partial charge in [0.2, 0.25) is 0 Å². The van der Waals surface area contributed by atoms with Crippen LogP contribution in [0.3, 0.4) is 0 Å². The molecule has 1 aliphatic heterocycles. The molecule has 0 radical (unpaired) electrons. The fourth-order valence-corrected chi connectivity index (χ4v) is 2.04. The van der Waals surface area contributed by atoms with E-state index >= 15 is 0 Å². The van der Waals surface area contributed by atoms with E-state index in [4.69, 9.17) is 15.6 Å². The largest absolute Gasteiger partial charge is 0.479 e. The van der Waals surface area contributed by atoms with Crippen LogP contribution in [-0.2, 0) is 11.3 Å². The molecule has 0 spiro atoms. The van der Waals surface area contributed by atoms with Gasteiger partial charge in [0.1, 0.15) is 5.75 Å². The summed E-state index contributed by atoms with van der Waals surface area (Å²) in [6.07, 6.45) is -1.59. The van der Waals surface area contributed by atoms with Crippen LogP contribution in [0.5, 0.6) is 5.75 Å². The van der Waals surface area contributed by atoms with Crippen molar-refractivity contribution in [3.05, 3.63) is 23.8 Å². The number of fused-ring (bicyclic) bond motifs is 1. The van der Waals surface area contributed by atoms with Crippen molar-refractivity contribution in [2.75, 3.05) is 18.1 Å². The fraction of sp³-hybridized carbons (Fsp3) is 0.462. The standard InChI is InChI=1S/C13H18N2O4/c1-8-13(18)15(6-10(17)7-16)11-4-9(5-14)2-3-12(11)19-8/h2-4,8,10,16-17H,5-7,14H2,1H3. The number of benzene rings is 1. The second-order valence-electron chi connectivity index (χ2n) is 4.55. The van der Waals surface area contributed by atoms with Crippen LogP contribution in [0.1, 0.15) is 12.5 Å². The van der Waals surface area contributed by atoms with Crippen LogP contribution in [-0.4, -0.2) is 41.5 Å². The summed E-state index contributed by atoms with van der Waals surface area (Å²) in [4.78, 5) is 13.6. The highest BCUT2D eigenvalue weighted by Crippen LogP contribution is 2.34. The number of β-amino-alcohol motifs (C(OH)–C–C–N with tert-alkyl or cyclic N) is 1. The average Bonchev–Trinajstić information content (AvgIpc) is 2.43. The van der Waals surface area contributed by atoms with E-state index in [1.54, 1.807) is 19.1 Å². The van der Waals surface area contributed by atoms with Gasteiger partial charge >= 0.3 is 0 Å². The highest BCUT2D eigenvalue weighted by atomic mass is 16.5. The number of ether oxygens (including phenoxy) is 1. The summed E-state index contributed by atoms with van der Waals surface area (Å²) in [5, 5.41) is 18.5. The summed E-state index contributed by atoms with van der Waals surface area (Å²) in [6.45, 7) is 1.64. The normalized spacial score (nSPS) is 19.9. The number of carbonyl (C=O) groups excluding carboxylic acids is 1. The van der Waals surface area contributed by atoms with Crippen molar-refractivity contribution in [1.29, 1.82) is 0 Å². The molecule has 2 atom stereocenters. The lowest BCUT2D eigenvalue weighted by Crippen LogP contribution is -2.48. The maximum atomic E-state index is 12.1. The zero-order valence-electron chi connectivity index (χ0n) is 10.7. The highest BCUT2D eigenvalue weighted by Gasteiger charge is 2.32. The van der Waals surface area contributed by atoms with Crippen molar-refractivity contribution in [1.82, 2.24) is 0 Å². The molecule has 0 saturated heterocycles. The van der Waals surface area contributed by atoms with Gasteiger partial charge in [-0.15, -0.1) is 0 Å². The molecule has 1 aromatic carbocycles. The number of aliphatic hydroxyl groups excluding tert-OH is 2. The minimum atomic E-state index is -0.983. The number of amides is 1. The molecule has 1 aromatic rings. The van der Waals surface area contributed by atoms with Crippen LogP contribution in [0, 0.1) is 0 Å². The predicted molar refractivity (Wildman–Crippen MR) is 69.9 cm³/mol. The Kier molecular flexibility index (Phi) is 4.04. The van der Waals surface area contributed by atoms with Gasteiger partial charge in [-0.3, -0.25) is 4.79 Å². The van der Waals surface area contributed by atoms with Crippen molar-refractivity contribution in [3.63, 3.8) is 0 Å². The Bertz CT molecular complexity index is 478. The van der Waals surface area contributed by atoms with E-state index in [9.17, 15) is 9.90 Å². The highest BCUT2D eigenvalue weighted by molar-refractivity contribution is 5.99. The molecular weight excluding hydrogens is 248 g/mol. The predicted octanol–water partition coefficient (Wildman–Crippen LogP) is -0.388. The number of anilines is 1. The van der Waals surface area contributed by atoms with Crippen LogP contribution in [0.4, 0.5) is 5.69 Å². The maximum absolute atomic E-state index is 12.1. The van der Waals surface area contributed by atoms with Crippen LogP contribution >= 0.6 is 0 Å². The zero-order valence-corrected chi connectivity index (χ0v) is 10.7. The van der Waals surface area contributed by atoms with Gasteiger partial charge in [0.15, 0.2) is 6.10 Å². The van der Waals surface area contributed by atoms with Gasteiger partial charge in [-0.05, 0) is 24.6 Å². The molecule has 2 unspecified atom stereocenters. The average molecular weight is 266 g/mol. The lowest BCUT2D eigenvalue weighted by molar-refractivity contribution is -0.126. The Morgan fingerprint density at radius 3 is 2.89 bits per heavy atom. The van der Waals surface area contributed by atoms with Crippen LogP contribution < -0.4 is 15.4 Å². The van der Waals surface area contributed by atoms with Gasteiger partial charge in [0, 0.05) is 6.54 Å². The van der Waals surface area contributed by atoms with Crippen molar-refractivity contribution in [2.24, 2.45) is 5.73 Å². The van der Waals surface area contributed by atoms with E-state index in [1.165, 1.54) is 4.90 Å². The monoisotopic (exact) mass is 266 g/mol. The van der Waals surface area contributed by atoms with Crippen molar-refractivity contribution in [3.8, 4) is 5.75 Å². The quantitative estimate of drug-likeness (QED) is 0.690.